The molecule has 5 fully saturated rings. The Morgan fingerprint density at radius 1 is 1.00 bits per heavy atom. The van der Waals surface area contributed by atoms with Crippen LogP contribution in [-0.4, -0.2) is 44.4 Å². The number of hydrogen-bond acceptors (Lipinski definition) is 5. The molecule has 0 radical (unpaired) electrons. The molecular formula is C29H32FN3O2S. The Morgan fingerprint density at radius 3 is 2.39 bits per heavy atom. The van der Waals surface area contributed by atoms with E-state index in [0.717, 1.165) is 72.6 Å². The molecule has 4 bridgehead atoms. The molecule has 1 aromatic heterocycles. The molecule has 1 saturated heterocycles. The van der Waals surface area contributed by atoms with Crippen LogP contribution in [0.25, 0.3) is 11.1 Å². The fourth-order valence-corrected chi connectivity index (χ4v) is 9.29. The number of benzene rings is 1. The van der Waals surface area contributed by atoms with Gasteiger partial charge in [-0.05, 0) is 110 Å². The van der Waals surface area contributed by atoms with Crippen LogP contribution in [0.5, 0.6) is 5.75 Å². The van der Waals surface area contributed by atoms with Gasteiger partial charge in [0.2, 0.25) is 0 Å². The van der Waals surface area contributed by atoms with E-state index in [2.05, 4.69) is 14.9 Å². The molecule has 0 spiro atoms. The monoisotopic (exact) mass is 505 g/mol. The van der Waals surface area contributed by atoms with E-state index in [1.807, 2.05) is 12.1 Å². The van der Waals surface area contributed by atoms with Gasteiger partial charge in [0.25, 0.3) is 5.91 Å². The van der Waals surface area contributed by atoms with Gasteiger partial charge in [-0.15, -0.1) is 0 Å². The van der Waals surface area contributed by atoms with Gasteiger partial charge in [-0.1, -0.05) is 11.8 Å². The van der Waals surface area contributed by atoms with Crippen molar-refractivity contribution in [3.63, 3.8) is 0 Å². The highest BCUT2D eigenvalue weighted by Crippen LogP contribution is 2.62. The number of likely N-dealkylation sites (tertiary alicyclic amines) is 1. The number of rotatable bonds is 4. The van der Waals surface area contributed by atoms with Gasteiger partial charge < -0.3 is 10.0 Å². The number of aliphatic imine (C=N–C) groups is 1. The maximum Gasteiger partial charge on any atom is 0.262 e. The maximum atomic E-state index is 15.1. The van der Waals surface area contributed by atoms with E-state index in [0.29, 0.717) is 24.2 Å². The lowest BCUT2D eigenvalue weighted by atomic mass is 9.48. The van der Waals surface area contributed by atoms with Crippen LogP contribution in [0.1, 0.15) is 62.5 Å². The number of phenolic OH excluding ortho intramolecular Hbond substituents is 1. The summed E-state index contributed by atoms with van der Waals surface area (Å²) >= 11 is 1.56. The van der Waals surface area contributed by atoms with Crippen molar-refractivity contribution in [1.82, 2.24) is 9.88 Å². The average Bonchev–Trinajstić information content (AvgIpc) is 3.50. The zero-order valence-corrected chi connectivity index (χ0v) is 21.3. The van der Waals surface area contributed by atoms with Gasteiger partial charge in [0.05, 0.1) is 5.25 Å². The van der Waals surface area contributed by atoms with Crippen molar-refractivity contribution in [2.75, 3.05) is 13.1 Å². The molecule has 5 nitrogen and oxygen atoms in total. The molecule has 36 heavy (non-hydrogen) atoms. The number of amides is 1. The Bertz CT molecular complexity index is 1220. The van der Waals surface area contributed by atoms with E-state index < -0.39 is 5.82 Å². The summed E-state index contributed by atoms with van der Waals surface area (Å²) in [6.45, 7) is 1.95. The molecule has 4 saturated carbocycles. The predicted octanol–water partition coefficient (Wildman–Crippen LogP) is 5.70. The summed E-state index contributed by atoms with van der Waals surface area (Å²) in [5.41, 5.74) is 3.23. The van der Waals surface area contributed by atoms with Crippen molar-refractivity contribution in [2.24, 2.45) is 22.7 Å². The maximum absolute atomic E-state index is 15.1. The highest BCUT2D eigenvalue weighted by atomic mass is 32.2. The number of aromatic hydroxyl groups is 1. The topological polar surface area (TPSA) is 65.8 Å². The first-order valence-electron chi connectivity index (χ1n) is 13.5. The molecule has 6 aliphatic rings. The first-order valence-corrected chi connectivity index (χ1v) is 14.4. The number of amidine groups is 1. The Balaban J connectivity index is 1.16. The zero-order chi connectivity index (χ0) is 24.4. The Labute approximate surface area is 215 Å². The fraction of sp³-hybridized carbons (Fsp3) is 0.552. The number of carbonyl (C=O) groups is 1. The lowest BCUT2D eigenvalue weighted by molar-refractivity contribution is -0.117. The molecule has 188 valence electrons. The third-order valence-electron chi connectivity index (χ3n) is 9.33. The molecule has 2 aromatic rings. The van der Waals surface area contributed by atoms with Gasteiger partial charge in [-0.25, -0.2) is 4.39 Å². The highest BCUT2D eigenvalue weighted by Gasteiger charge is 2.52. The van der Waals surface area contributed by atoms with Crippen LogP contribution in [0.2, 0.25) is 0 Å². The van der Waals surface area contributed by atoms with Crippen LogP contribution >= 0.6 is 11.8 Å². The molecule has 4 aliphatic carbocycles. The fourth-order valence-electron chi connectivity index (χ4n) is 8.13. The minimum Gasteiger partial charge on any atom is -0.505 e. The predicted molar refractivity (Wildman–Crippen MR) is 139 cm³/mol. The van der Waals surface area contributed by atoms with Crippen molar-refractivity contribution < 1.29 is 14.3 Å². The third-order valence-corrected chi connectivity index (χ3v) is 10.5. The van der Waals surface area contributed by atoms with Crippen molar-refractivity contribution in [1.29, 1.82) is 0 Å². The zero-order valence-electron chi connectivity index (χ0n) is 20.5. The summed E-state index contributed by atoms with van der Waals surface area (Å²) in [6, 6.07) is 5.48. The molecule has 1 aromatic carbocycles. The summed E-state index contributed by atoms with van der Waals surface area (Å²) in [6.07, 6.45) is 13.5. The quantitative estimate of drug-likeness (QED) is 0.578. The molecule has 7 heteroatoms. The number of thioether (sulfide) groups is 1. The average molecular weight is 506 g/mol. The van der Waals surface area contributed by atoms with Gasteiger partial charge >= 0.3 is 0 Å². The third kappa shape index (κ3) is 3.85. The molecular weight excluding hydrogens is 473 g/mol. The van der Waals surface area contributed by atoms with Gasteiger partial charge in [-0.2, -0.15) is 4.99 Å². The molecule has 3 heterocycles. The minimum atomic E-state index is -0.547. The standard InChI is InChI=1S/C29H32FN3O2S/c30-24-11-21(10-23(26(24)34)29-12-17-5-18(13-29)7-19(6-17)14-29)22-8-20(15-31-16-22)9-25-27(35)32-28(36-25)33-3-1-2-4-33/h8,10-11,15-19,25,34H,1-7,9,12-14H2. The summed E-state index contributed by atoms with van der Waals surface area (Å²) in [7, 11) is 0. The molecule has 1 amide bonds. The number of pyridine rings is 1. The first kappa shape index (κ1) is 22.8. The largest absolute Gasteiger partial charge is 0.505 e. The van der Waals surface area contributed by atoms with Crippen molar-refractivity contribution in [2.45, 2.75) is 68.5 Å². The van der Waals surface area contributed by atoms with Crippen molar-refractivity contribution in [3.8, 4) is 16.9 Å². The van der Waals surface area contributed by atoms with E-state index in [4.69, 9.17) is 0 Å². The lowest BCUT2D eigenvalue weighted by Gasteiger charge is -2.57. The van der Waals surface area contributed by atoms with Gasteiger partial charge in [0.1, 0.15) is 0 Å². The second-order valence-electron chi connectivity index (χ2n) is 11.9. The van der Waals surface area contributed by atoms with Crippen LogP contribution in [0, 0.1) is 23.6 Å². The Morgan fingerprint density at radius 2 is 1.69 bits per heavy atom. The number of nitrogens with zero attached hydrogens (tertiary/aromatic N) is 3. The Hall–Kier alpha value is -2.41. The van der Waals surface area contributed by atoms with E-state index >= 15 is 4.39 Å². The van der Waals surface area contributed by atoms with Crippen LogP contribution in [0.4, 0.5) is 4.39 Å². The van der Waals surface area contributed by atoms with Crippen LogP contribution in [-0.2, 0) is 16.6 Å². The summed E-state index contributed by atoms with van der Waals surface area (Å²) in [4.78, 5) is 23.6. The van der Waals surface area contributed by atoms with Crippen molar-refractivity contribution in [3.05, 3.63) is 47.5 Å². The normalized spacial score (nSPS) is 33.0. The second-order valence-corrected chi connectivity index (χ2v) is 13.0. The SMILES string of the molecule is O=C1N=C(N2CCCC2)SC1Cc1cncc(-c2cc(F)c(O)c(C34CC5CC(CC(C5)C3)C4)c2)c1. The van der Waals surface area contributed by atoms with Gasteiger partial charge in [0.15, 0.2) is 16.7 Å². The summed E-state index contributed by atoms with van der Waals surface area (Å²) in [5.74, 6) is 1.34. The molecule has 1 atom stereocenters. The Kier molecular flexibility index (Phi) is 5.42. The van der Waals surface area contributed by atoms with Crippen LogP contribution < -0.4 is 0 Å². The summed E-state index contributed by atoms with van der Waals surface area (Å²) < 4.78 is 15.1. The number of hydrogen-bond donors (Lipinski definition) is 1. The molecule has 1 N–H and O–H groups in total. The van der Waals surface area contributed by atoms with Gasteiger partial charge in [0, 0.05) is 36.6 Å². The van der Waals surface area contributed by atoms with Crippen LogP contribution in [0.15, 0.2) is 35.6 Å². The van der Waals surface area contributed by atoms with E-state index in [1.54, 1.807) is 24.2 Å². The number of halogens is 1. The second kappa shape index (κ2) is 8.57. The van der Waals surface area contributed by atoms with Gasteiger partial charge in [-0.3, -0.25) is 9.78 Å². The van der Waals surface area contributed by atoms with E-state index in [1.165, 1.54) is 25.3 Å². The minimum absolute atomic E-state index is 0.0768. The number of aromatic nitrogens is 1. The van der Waals surface area contributed by atoms with Crippen molar-refractivity contribution >= 4 is 22.8 Å². The molecule has 1 unspecified atom stereocenters. The number of carbonyl (C=O) groups excluding carboxylic acids is 1. The summed E-state index contributed by atoms with van der Waals surface area (Å²) in [5, 5.41) is 11.5. The van der Waals surface area contributed by atoms with E-state index in [-0.39, 0.29) is 22.3 Å². The molecule has 2 aliphatic heterocycles. The smallest absolute Gasteiger partial charge is 0.262 e. The molecule has 8 rings (SSSR count). The highest BCUT2D eigenvalue weighted by molar-refractivity contribution is 8.15. The van der Waals surface area contributed by atoms with E-state index in [9.17, 15) is 9.90 Å². The number of phenols is 1. The van der Waals surface area contributed by atoms with Crippen LogP contribution in [0.3, 0.4) is 0 Å². The first-order chi connectivity index (χ1) is 17.5. The lowest BCUT2D eigenvalue weighted by Crippen LogP contribution is -2.48.